The molecule has 0 heterocycles. The van der Waals surface area contributed by atoms with Gasteiger partial charge in [0.1, 0.15) is 10.8 Å². The standard InChI is InChI=1S/C15H23FN2O2S/c1-11(10-20-3)18(6-7-19-2)9-12-4-5-13(16)8-14(12)15(17)21/h4-5,8,11H,6-7,9-10H2,1-3H3,(H2,17,21). The highest BCUT2D eigenvalue weighted by atomic mass is 32.1. The second-order valence-electron chi connectivity index (χ2n) is 4.93. The molecule has 0 aliphatic carbocycles. The van der Waals surface area contributed by atoms with Crippen molar-refractivity contribution in [1.29, 1.82) is 0 Å². The molecule has 0 radical (unpaired) electrons. The Morgan fingerprint density at radius 3 is 2.67 bits per heavy atom. The number of hydrogen-bond donors (Lipinski definition) is 1. The minimum Gasteiger partial charge on any atom is -0.389 e. The first-order chi connectivity index (χ1) is 9.99. The summed E-state index contributed by atoms with van der Waals surface area (Å²) >= 11 is 5.01. The van der Waals surface area contributed by atoms with Crippen molar-refractivity contribution in [3.05, 3.63) is 35.1 Å². The molecule has 0 fully saturated rings. The Balaban J connectivity index is 2.94. The lowest BCUT2D eigenvalue weighted by atomic mass is 10.1. The zero-order valence-corrected chi connectivity index (χ0v) is 13.6. The zero-order chi connectivity index (χ0) is 15.8. The van der Waals surface area contributed by atoms with Gasteiger partial charge in [-0.2, -0.15) is 0 Å². The van der Waals surface area contributed by atoms with Crippen LogP contribution in [-0.2, 0) is 16.0 Å². The molecule has 1 atom stereocenters. The largest absolute Gasteiger partial charge is 0.389 e. The van der Waals surface area contributed by atoms with E-state index in [1.54, 1.807) is 20.3 Å². The van der Waals surface area contributed by atoms with Gasteiger partial charge in [-0.1, -0.05) is 18.3 Å². The molecule has 1 unspecified atom stereocenters. The van der Waals surface area contributed by atoms with Crippen LogP contribution in [-0.4, -0.2) is 49.9 Å². The molecule has 0 aliphatic rings. The third kappa shape index (κ3) is 5.67. The minimum atomic E-state index is -0.338. The Kier molecular flexibility index (Phi) is 7.74. The van der Waals surface area contributed by atoms with Gasteiger partial charge in [-0.3, -0.25) is 4.90 Å². The van der Waals surface area contributed by atoms with Crippen LogP contribution in [0.4, 0.5) is 4.39 Å². The topological polar surface area (TPSA) is 47.7 Å². The number of ether oxygens (including phenoxy) is 2. The summed E-state index contributed by atoms with van der Waals surface area (Å²) in [4.78, 5) is 2.40. The molecule has 0 spiro atoms. The van der Waals surface area contributed by atoms with E-state index in [0.717, 1.165) is 12.1 Å². The average Bonchev–Trinajstić information content (AvgIpc) is 2.44. The molecule has 1 rings (SSSR count). The van der Waals surface area contributed by atoms with E-state index in [1.165, 1.54) is 12.1 Å². The van der Waals surface area contributed by atoms with Crippen LogP contribution < -0.4 is 5.73 Å². The van der Waals surface area contributed by atoms with E-state index in [1.807, 2.05) is 0 Å². The Morgan fingerprint density at radius 2 is 2.10 bits per heavy atom. The van der Waals surface area contributed by atoms with Crippen molar-refractivity contribution < 1.29 is 13.9 Å². The van der Waals surface area contributed by atoms with Gasteiger partial charge in [-0.15, -0.1) is 0 Å². The maximum Gasteiger partial charge on any atom is 0.123 e. The van der Waals surface area contributed by atoms with Gasteiger partial charge in [-0.25, -0.2) is 4.39 Å². The Bertz CT molecular complexity index is 471. The van der Waals surface area contributed by atoms with Crippen LogP contribution in [0.5, 0.6) is 0 Å². The molecule has 1 aromatic rings. The Morgan fingerprint density at radius 1 is 1.38 bits per heavy atom. The molecule has 0 aliphatic heterocycles. The fourth-order valence-electron chi connectivity index (χ4n) is 2.15. The Hall–Kier alpha value is -1.08. The molecule has 4 nitrogen and oxygen atoms in total. The van der Waals surface area contributed by atoms with Gasteiger partial charge < -0.3 is 15.2 Å². The molecule has 0 bridgehead atoms. The summed E-state index contributed by atoms with van der Waals surface area (Å²) in [6.07, 6.45) is 0. The van der Waals surface area contributed by atoms with Crippen LogP contribution >= 0.6 is 12.2 Å². The lowest BCUT2D eigenvalue weighted by Crippen LogP contribution is -2.38. The molecule has 1 aromatic carbocycles. The van der Waals surface area contributed by atoms with E-state index in [9.17, 15) is 4.39 Å². The number of benzene rings is 1. The van der Waals surface area contributed by atoms with E-state index in [2.05, 4.69) is 11.8 Å². The van der Waals surface area contributed by atoms with Crippen molar-refractivity contribution >= 4 is 17.2 Å². The highest BCUT2D eigenvalue weighted by Gasteiger charge is 2.16. The fourth-order valence-corrected chi connectivity index (χ4v) is 2.34. The highest BCUT2D eigenvalue weighted by molar-refractivity contribution is 7.80. The van der Waals surface area contributed by atoms with Crippen molar-refractivity contribution in [2.24, 2.45) is 5.73 Å². The molecule has 21 heavy (non-hydrogen) atoms. The maximum absolute atomic E-state index is 13.4. The zero-order valence-electron chi connectivity index (χ0n) is 12.8. The molecule has 0 amide bonds. The van der Waals surface area contributed by atoms with Gasteiger partial charge in [0, 0.05) is 38.9 Å². The number of nitrogens with two attached hydrogens (primary N) is 1. The molecule has 6 heteroatoms. The highest BCUT2D eigenvalue weighted by Crippen LogP contribution is 2.16. The Labute approximate surface area is 131 Å². The van der Waals surface area contributed by atoms with Crippen molar-refractivity contribution in [2.75, 3.05) is 34.0 Å². The van der Waals surface area contributed by atoms with Crippen LogP contribution in [0.1, 0.15) is 18.1 Å². The van der Waals surface area contributed by atoms with Gasteiger partial charge in [0.05, 0.1) is 13.2 Å². The molecule has 0 saturated carbocycles. The number of nitrogens with zero attached hydrogens (tertiary/aromatic N) is 1. The number of hydrogen-bond acceptors (Lipinski definition) is 4. The predicted molar refractivity (Wildman–Crippen MR) is 85.9 cm³/mol. The van der Waals surface area contributed by atoms with Crippen LogP contribution in [0.2, 0.25) is 0 Å². The fraction of sp³-hybridized carbons (Fsp3) is 0.533. The van der Waals surface area contributed by atoms with E-state index in [-0.39, 0.29) is 16.8 Å². The second kappa shape index (κ2) is 9.04. The minimum absolute atomic E-state index is 0.203. The van der Waals surface area contributed by atoms with Gasteiger partial charge in [0.2, 0.25) is 0 Å². The smallest absolute Gasteiger partial charge is 0.123 e. The van der Waals surface area contributed by atoms with Gasteiger partial charge >= 0.3 is 0 Å². The summed E-state index contributed by atoms with van der Waals surface area (Å²) in [5.41, 5.74) is 7.18. The first kappa shape index (κ1) is 18.0. The first-order valence-corrected chi connectivity index (χ1v) is 7.20. The lowest BCUT2D eigenvalue weighted by Gasteiger charge is -2.29. The van der Waals surface area contributed by atoms with Gasteiger partial charge in [-0.05, 0) is 24.6 Å². The van der Waals surface area contributed by atoms with E-state index < -0.39 is 0 Å². The summed E-state index contributed by atoms with van der Waals surface area (Å²) in [6.45, 7) is 4.64. The van der Waals surface area contributed by atoms with Crippen molar-refractivity contribution in [3.8, 4) is 0 Å². The second-order valence-corrected chi connectivity index (χ2v) is 5.37. The first-order valence-electron chi connectivity index (χ1n) is 6.79. The van der Waals surface area contributed by atoms with Crippen LogP contribution in [0.25, 0.3) is 0 Å². The van der Waals surface area contributed by atoms with Gasteiger partial charge in [0.15, 0.2) is 0 Å². The van der Waals surface area contributed by atoms with E-state index in [0.29, 0.717) is 25.3 Å². The van der Waals surface area contributed by atoms with Crippen molar-refractivity contribution in [1.82, 2.24) is 4.90 Å². The molecule has 2 N–H and O–H groups in total. The summed E-state index contributed by atoms with van der Waals surface area (Å²) in [7, 11) is 3.33. The summed E-state index contributed by atoms with van der Waals surface area (Å²) in [5, 5.41) is 0. The van der Waals surface area contributed by atoms with Crippen molar-refractivity contribution in [3.63, 3.8) is 0 Å². The van der Waals surface area contributed by atoms with Crippen molar-refractivity contribution in [2.45, 2.75) is 19.5 Å². The average molecular weight is 314 g/mol. The van der Waals surface area contributed by atoms with Crippen LogP contribution in [0.15, 0.2) is 18.2 Å². The maximum atomic E-state index is 13.4. The van der Waals surface area contributed by atoms with E-state index in [4.69, 9.17) is 27.4 Å². The van der Waals surface area contributed by atoms with Crippen LogP contribution in [0.3, 0.4) is 0 Å². The monoisotopic (exact) mass is 314 g/mol. The number of rotatable bonds is 9. The molecule has 118 valence electrons. The number of thiocarbonyl (C=S) groups is 1. The SMILES string of the molecule is COCCN(Cc1ccc(F)cc1C(N)=S)C(C)COC. The third-order valence-electron chi connectivity index (χ3n) is 3.32. The molecule has 0 aromatic heterocycles. The molecular weight excluding hydrogens is 291 g/mol. The summed E-state index contributed by atoms with van der Waals surface area (Å²) in [6, 6.07) is 4.73. The third-order valence-corrected chi connectivity index (χ3v) is 3.54. The summed E-state index contributed by atoms with van der Waals surface area (Å²) < 4.78 is 23.7. The molecular formula is C15H23FN2O2S. The quantitative estimate of drug-likeness (QED) is 0.706. The summed E-state index contributed by atoms with van der Waals surface area (Å²) in [5.74, 6) is -0.338. The number of halogens is 1. The lowest BCUT2D eigenvalue weighted by molar-refractivity contribution is 0.0705. The van der Waals surface area contributed by atoms with Crippen LogP contribution in [0, 0.1) is 5.82 Å². The normalized spacial score (nSPS) is 12.6. The van der Waals surface area contributed by atoms with Gasteiger partial charge in [0.25, 0.3) is 0 Å². The number of methoxy groups -OCH3 is 2. The predicted octanol–water partition coefficient (Wildman–Crippen LogP) is 1.94. The van der Waals surface area contributed by atoms with E-state index >= 15 is 0 Å². The molecule has 0 saturated heterocycles.